The van der Waals surface area contributed by atoms with E-state index in [2.05, 4.69) is 39.8 Å². The fraction of sp³-hybridized carbons (Fsp3) is 0.600. The maximum Gasteiger partial charge on any atom is 0.120 e. The Morgan fingerprint density at radius 1 is 1.47 bits per heavy atom. The van der Waals surface area contributed by atoms with Crippen molar-refractivity contribution in [3.05, 3.63) is 28.7 Å². The predicted molar refractivity (Wildman–Crippen MR) is 82.7 cm³/mol. The number of likely N-dealkylation sites (N-methyl/N-ethyl adjacent to an activating group) is 1. The van der Waals surface area contributed by atoms with Gasteiger partial charge in [0.1, 0.15) is 12.4 Å². The van der Waals surface area contributed by atoms with Gasteiger partial charge in [0.2, 0.25) is 0 Å². The van der Waals surface area contributed by atoms with Gasteiger partial charge in [-0.2, -0.15) is 0 Å². The van der Waals surface area contributed by atoms with Crippen molar-refractivity contribution in [2.24, 2.45) is 5.92 Å². The molecule has 3 nitrogen and oxygen atoms in total. The van der Waals surface area contributed by atoms with E-state index in [9.17, 15) is 0 Å². The number of halogens is 1. The predicted octanol–water partition coefficient (Wildman–Crippen LogP) is 2.71. The molecule has 0 bridgehead atoms. The fourth-order valence-corrected chi connectivity index (χ4v) is 2.96. The maximum absolute atomic E-state index is 5.76. The summed E-state index contributed by atoms with van der Waals surface area (Å²) < 4.78 is 6.82. The van der Waals surface area contributed by atoms with Gasteiger partial charge in [0.15, 0.2) is 0 Å². The number of rotatable bonds is 6. The molecule has 1 saturated heterocycles. The second-order valence-corrected chi connectivity index (χ2v) is 6.40. The third-order valence-corrected chi connectivity index (χ3v) is 4.09. The van der Waals surface area contributed by atoms with Crippen LogP contribution < -0.4 is 4.74 Å². The lowest BCUT2D eigenvalue weighted by atomic mass is 10.1. The summed E-state index contributed by atoms with van der Waals surface area (Å²) in [5.74, 6) is 1.75. The largest absolute Gasteiger partial charge is 0.492 e. The molecular weight excluding hydrogens is 304 g/mol. The highest BCUT2D eigenvalue weighted by Gasteiger charge is 2.20. The Morgan fingerprint density at radius 2 is 2.32 bits per heavy atom. The van der Waals surface area contributed by atoms with Crippen LogP contribution in [0.1, 0.15) is 6.42 Å². The molecule has 4 heteroatoms. The first-order valence-corrected chi connectivity index (χ1v) is 7.68. The van der Waals surface area contributed by atoms with E-state index in [1.807, 2.05) is 24.3 Å². The number of hydrogen-bond acceptors (Lipinski definition) is 3. The van der Waals surface area contributed by atoms with Crippen LogP contribution in [-0.4, -0.2) is 56.7 Å². The zero-order valence-electron chi connectivity index (χ0n) is 11.8. The number of nitrogens with zero attached hydrogens (tertiary/aromatic N) is 2. The summed E-state index contributed by atoms with van der Waals surface area (Å²) in [4.78, 5) is 4.79. The van der Waals surface area contributed by atoms with Gasteiger partial charge in [-0.15, -0.1) is 0 Å². The van der Waals surface area contributed by atoms with Crippen LogP contribution in [0.5, 0.6) is 5.75 Å². The van der Waals surface area contributed by atoms with E-state index in [0.717, 1.165) is 29.3 Å². The molecule has 2 rings (SSSR count). The van der Waals surface area contributed by atoms with Crippen LogP contribution in [0.2, 0.25) is 0 Å². The second kappa shape index (κ2) is 7.27. The van der Waals surface area contributed by atoms with Gasteiger partial charge in [0, 0.05) is 24.1 Å². The van der Waals surface area contributed by atoms with Gasteiger partial charge in [-0.05, 0) is 51.2 Å². The van der Waals surface area contributed by atoms with Crippen LogP contribution in [0.3, 0.4) is 0 Å². The van der Waals surface area contributed by atoms with Crippen molar-refractivity contribution in [1.82, 2.24) is 9.80 Å². The van der Waals surface area contributed by atoms with E-state index >= 15 is 0 Å². The third kappa shape index (κ3) is 5.13. The minimum atomic E-state index is 0.746. The van der Waals surface area contributed by atoms with Gasteiger partial charge >= 0.3 is 0 Å². The molecule has 1 heterocycles. The van der Waals surface area contributed by atoms with Gasteiger partial charge in [0.25, 0.3) is 0 Å². The number of likely N-dealkylation sites (tertiary alicyclic amines) is 1. The summed E-state index contributed by atoms with van der Waals surface area (Å²) in [6.45, 7) is 5.37. The Morgan fingerprint density at radius 3 is 3.00 bits per heavy atom. The summed E-state index contributed by atoms with van der Waals surface area (Å²) in [6.07, 6.45) is 1.33. The number of ether oxygens (including phenoxy) is 1. The smallest absolute Gasteiger partial charge is 0.120 e. The molecule has 1 fully saturated rings. The molecule has 1 aliphatic heterocycles. The molecule has 0 amide bonds. The minimum Gasteiger partial charge on any atom is -0.492 e. The maximum atomic E-state index is 5.76. The fourth-order valence-electron chi connectivity index (χ4n) is 2.58. The number of hydrogen-bond donors (Lipinski definition) is 0. The van der Waals surface area contributed by atoms with Crippen LogP contribution in [0.4, 0.5) is 0 Å². The molecule has 1 atom stereocenters. The molecule has 0 spiro atoms. The average molecular weight is 327 g/mol. The lowest BCUT2D eigenvalue weighted by Gasteiger charge is -2.21. The Kier molecular flexibility index (Phi) is 5.67. The Bertz CT molecular complexity index is 399. The minimum absolute atomic E-state index is 0.746. The zero-order valence-corrected chi connectivity index (χ0v) is 13.4. The van der Waals surface area contributed by atoms with E-state index < -0.39 is 0 Å². The van der Waals surface area contributed by atoms with Gasteiger partial charge in [-0.25, -0.2) is 0 Å². The monoisotopic (exact) mass is 326 g/mol. The van der Waals surface area contributed by atoms with Crippen LogP contribution in [0.15, 0.2) is 28.7 Å². The molecule has 106 valence electrons. The molecule has 1 aromatic rings. The molecule has 0 aliphatic carbocycles. The lowest BCUT2D eigenvalue weighted by Crippen LogP contribution is -2.30. The topological polar surface area (TPSA) is 15.7 Å². The van der Waals surface area contributed by atoms with Crippen LogP contribution >= 0.6 is 15.9 Å². The van der Waals surface area contributed by atoms with Gasteiger partial charge in [0.05, 0.1) is 0 Å². The van der Waals surface area contributed by atoms with Crippen molar-refractivity contribution in [1.29, 1.82) is 0 Å². The highest BCUT2D eigenvalue weighted by atomic mass is 79.9. The summed E-state index contributed by atoms with van der Waals surface area (Å²) >= 11 is 3.45. The first-order valence-electron chi connectivity index (χ1n) is 6.89. The summed E-state index contributed by atoms with van der Waals surface area (Å²) in [5.41, 5.74) is 0. The lowest BCUT2D eigenvalue weighted by molar-refractivity contribution is 0.215. The molecule has 0 N–H and O–H groups in total. The van der Waals surface area contributed by atoms with E-state index in [4.69, 9.17) is 4.74 Å². The van der Waals surface area contributed by atoms with Gasteiger partial charge in [-0.3, -0.25) is 0 Å². The normalized spacial score (nSPS) is 20.1. The second-order valence-electron chi connectivity index (χ2n) is 5.49. The van der Waals surface area contributed by atoms with Crippen molar-refractivity contribution in [2.45, 2.75) is 6.42 Å². The van der Waals surface area contributed by atoms with Crippen LogP contribution in [0, 0.1) is 5.92 Å². The van der Waals surface area contributed by atoms with Crippen molar-refractivity contribution in [3.8, 4) is 5.75 Å². The molecule has 0 saturated carbocycles. The Labute approximate surface area is 124 Å². The zero-order chi connectivity index (χ0) is 13.7. The quantitative estimate of drug-likeness (QED) is 0.799. The SMILES string of the molecule is CN(CCOc1cccc(Br)c1)CC1CCN(C)C1. The van der Waals surface area contributed by atoms with Gasteiger partial charge in [-0.1, -0.05) is 22.0 Å². The van der Waals surface area contributed by atoms with E-state index in [1.165, 1.54) is 26.1 Å². The molecular formula is C15H23BrN2O. The molecule has 19 heavy (non-hydrogen) atoms. The van der Waals surface area contributed by atoms with Crippen LogP contribution in [-0.2, 0) is 0 Å². The standard InChI is InChI=1S/C15H23BrN2O/c1-17-7-6-13(11-17)12-18(2)8-9-19-15-5-3-4-14(16)10-15/h3-5,10,13H,6-9,11-12H2,1-2H3. The summed E-state index contributed by atoms with van der Waals surface area (Å²) in [7, 11) is 4.39. The first kappa shape index (κ1) is 14.8. The van der Waals surface area contributed by atoms with Crippen molar-refractivity contribution >= 4 is 15.9 Å². The van der Waals surface area contributed by atoms with Crippen molar-refractivity contribution < 1.29 is 4.74 Å². The molecule has 1 unspecified atom stereocenters. The Balaban J connectivity index is 1.65. The molecule has 0 radical (unpaired) electrons. The van der Waals surface area contributed by atoms with Crippen LogP contribution in [0.25, 0.3) is 0 Å². The molecule has 1 aliphatic rings. The van der Waals surface area contributed by atoms with Crippen molar-refractivity contribution in [3.63, 3.8) is 0 Å². The molecule has 0 aromatic heterocycles. The van der Waals surface area contributed by atoms with Crippen molar-refractivity contribution in [2.75, 3.05) is 46.9 Å². The summed E-state index contributed by atoms with van der Waals surface area (Å²) in [5, 5.41) is 0. The third-order valence-electron chi connectivity index (χ3n) is 3.60. The summed E-state index contributed by atoms with van der Waals surface area (Å²) in [6, 6.07) is 8.01. The van der Waals surface area contributed by atoms with E-state index in [-0.39, 0.29) is 0 Å². The average Bonchev–Trinajstić information content (AvgIpc) is 2.75. The number of benzene rings is 1. The van der Waals surface area contributed by atoms with E-state index in [1.54, 1.807) is 0 Å². The highest BCUT2D eigenvalue weighted by Crippen LogP contribution is 2.18. The van der Waals surface area contributed by atoms with Gasteiger partial charge < -0.3 is 14.5 Å². The Hall–Kier alpha value is -0.580. The first-order chi connectivity index (χ1) is 9.13. The highest BCUT2D eigenvalue weighted by molar-refractivity contribution is 9.10. The molecule has 1 aromatic carbocycles. The van der Waals surface area contributed by atoms with E-state index in [0.29, 0.717) is 0 Å².